The highest BCUT2D eigenvalue weighted by Gasteiger charge is 2.60. The number of rotatable bonds is 0. The van der Waals surface area contributed by atoms with E-state index in [0.717, 1.165) is 19.3 Å². The molecule has 8 atom stereocenters. The standard InChI is InChI=1S/C19H30O3/c1-18-8-7-14-12(13(18)5-6-17(18)22)4-3-11-9-15(20)16(21)10-19(11,14)2/h11-14,16-17,21-22H,3-10H2,1-2H3/t11?,12-,13-,14+,16?,17?,18-,19-/m0/s1. The summed E-state index contributed by atoms with van der Waals surface area (Å²) in [4.78, 5) is 11.9. The summed E-state index contributed by atoms with van der Waals surface area (Å²) in [6, 6.07) is 0. The Morgan fingerprint density at radius 2 is 1.68 bits per heavy atom. The van der Waals surface area contributed by atoms with Gasteiger partial charge < -0.3 is 10.2 Å². The van der Waals surface area contributed by atoms with Crippen LogP contribution in [0.1, 0.15) is 65.2 Å². The first-order valence-electron chi connectivity index (χ1n) is 9.25. The first-order chi connectivity index (χ1) is 10.4. The first kappa shape index (κ1) is 15.1. The summed E-state index contributed by atoms with van der Waals surface area (Å²) >= 11 is 0. The number of hydrogen-bond acceptors (Lipinski definition) is 3. The molecule has 124 valence electrons. The molecule has 0 radical (unpaired) electrons. The topological polar surface area (TPSA) is 57.5 Å². The minimum atomic E-state index is -0.734. The van der Waals surface area contributed by atoms with E-state index in [2.05, 4.69) is 13.8 Å². The number of ketones is 1. The number of aliphatic hydroxyl groups is 2. The molecule has 0 amide bonds. The Morgan fingerprint density at radius 1 is 0.955 bits per heavy atom. The molecule has 3 heteroatoms. The van der Waals surface area contributed by atoms with E-state index < -0.39 is 6.10 Å². The van der Waals surface area contributed by atoms with Gasteiger partial charge in [-0.1, -0.05) is 13.8 Å². The molecular weight excluding hydrogens is 276 g/mol. The summed E-state index contributed by atoms with van der Waals surface area (Å²) in [7, 11) is 0. The van der Waals surface area contributed by atoms with Gasteiger partial charge in [0.15, 0.2) is 5.78 Å². The van der Waals surface area contributed by atoms with Crippen molar-refractivity contribution in [3.8, 4) is 0 Å². The molecule has 0 bridgehead atoms. The largest absolute Gasteiger partial charge is 0.393 e. The summed E-state index contributed by atoms with van der Waals surface area (Å²) in [6.07, 6.45) is 7.18. The monoisotopic (exact) mass is 306 g/mol. The molecule has 4 rings (SSSR count). The van der Waals surface area contributed by atoms with Crippen LogP contribution in [0.2, 0.25) is 0 Å². The van der Waals surface area contributed by atoms with E-state index in [1.165, 1.54) is 19.3 Å². The summed E-state index contributed by atoms with van der Waals surface area (Å²) in [5.41, 5.74) is 0.249. The summed E-state index contributed by atoms with van der Waals surface area (Å²) in [6.45, 7) is 4.65. The van der Waals surface area contributed by atoms with E-state index in [4.69, 9.17) is 0 Å². The van der Waals surface area contributed by atoms with Gasteiger partial charge in [0.25, 0.3) is 0 Å². The van der Waals surface area contributed by atoms with E-state index in [0.29, 0.717) is 36.5 Å². The SMILES string of the molecule is C[C@]12CC(O)C(=O)CC1CC[C@@H]1[C@H]2CC[C@]2(C)C(O)CC[C@@H]12. The molecule has 3 nitrogen and oxygen atoms in total. The number of carbonyl (C=O) groups is 1. The zero-order valence-electron chi connectivity index (χ0n) is 13.9. The number of Topliss-reactive ketones (excluding diaryl/α,β-unsaturated/α-hetero) is 1. The zero-order valence-corrected chi connectivity index (χ0v) is 13.9. The number of aliphatic hydroxyl groups excluding tert-OH is 2. The fourth-order valence-corrected chi connectivity index (χ4v) is 7.07. The third kappa shape index (κ3) is 1.84. The van der Waals surface area contributed by atoms with Crippen LogP contribution in [0.3, 0.4) is 0 Å². The van der Waals surface area contributed by atoms with Crippen molar-refractivity contribution >= 4 is 5.78 Å². The average molecular weight is 306 g/mol. The van der Waals surface area contributed by atoms with E-state index in [1.807, 2.05) is 0 Å². The second-order valence-electron chi connectivity index (χ2n) is 9.18. The van der Waals surface area contributed by atoms with Crippen LogP contribution in [-0.4, -0.2) is 28.2 Å². The van der Waals surface area contributed by atoms with Crippen molar-refractivity contribution in [1.82, 2.24) is 0 Å². The maximum Gasteiger partial charge on any atom is 0.161 e. The predicted molar refractivity (Wildman–Crippen MR) is 84.1 cm³/mol. The Balaban J connectivity index is 1.65. The Hall–Kier alpha value is -0.410. The molecule has 0 saturated heterocycles. The molecule has 4 saturated carbocycles. The van der Waals surface area contributed by atoms with Crippen LogP contribution in [0.4, 0.5) is 0 Å². The Bertz CT molecular complexity index is 489. The molecule has 0 spiro atoms. The predicted octanol–water partition coefficient (Wildman–Crippen LogP) is 2.93. The molecule has 4 aliphatic carbocycles. The lowest BCUT2D eigenvalue weighted by Crippen LogP contribution is -2.56. The summed E-state index contributed by atoms with van der Waals surface area (Å²) in [5.74, 6) is 2.52. The zero-order chi connectivity index (χ0) is 15.7. The number of hydrogen-bond donors (Lipinski definition) is 2. The molecular formula is C19H30O3. The Morgan fingerprint density at radius 3 is 2.45 bits per heavy atom. The molecule has 0 aliphatic heterocycles. The van der Waals surface area contributed by atoms with E-state index >= 15 is 0 Å². The average Bonchev–Trinajstić information content (AvgIpc) is 2.77. The van der Waals surface area contributed by atoms with Crippen LogP contribution < -0.4 is 0 Å². The lowest BCUT2D eigenvalue weighted by molar-refractivity contribution is -0.157. The maximum absolute atomic E-state index is 11.9. The molecule has 0 aromatic heterocycles. The molecule has 3 unspecified atom stereocenters. The molecule has 0 aromatic carbocycles. The van der Waals surface area contributed by atoms with Gasteiger partial charge in [-0.2, -0.15) is 0 Å². The van der Waals surface area contributed by atoms with Crippen molar-refractivity contribution in [2.24, 2.45) is 34.5 Å². The van der Waals surface area contributed by atoms with Gasteiger partial charge in [0.2, 0.25) is 0 Å². The van der Waals surface area contributed by atoms with Gasteiger partial charge in [-0.05, 0) is 79.4 Å². The van der Waals surface area contributed by atoms with E-state index in [-0.39, 0.29) is 22.7 Å². The summed E-state index contributed by atoms with van der Waals surface area (Å²) in [5, 5.41) is 20.6. The smallest absolute Gasteiger partial charge is 0.161 e. The highest BCUT2D eigenvalue weighted by atomic mass is 16.3. The molecule has 4 fully saturated rings. The van der Waals surface area contributed by atoms with Crippen molar-refractivity contribution in [2.45, 2.75) is 77.4 Å². The van der Waals surface area contributed by atoms with Crippen molar-refractivity contribution < 1.29 is 15.0 Å². The molecule has 22 heavy (non-hydrogen) atoms. The molecule has 2 N–H and O–H groups in total. The molecule has 0 heterocycles. The normalized spacial score (nSPS) is 57.9. The van der Waals surface area contributed by atoms with Gasteiger partial charge in [0, 0.05) is 6.42 Å². The van der Waals surface area contributed by atoms with E-state index in [9.17, 15) is 15.0 Å². The Kier molecular flexibility index (Phi) is 3.30. The minimum absolute atomic E-state index is 0.0675. The highest BCUT2D eigenvalue weighted by Crippen LogP contribution is 2.65. The highest BCUT2D eigenvalue weighted by molar-refractivity contribution is 5.84. The third-order valence-corrected chi connectivity index (χ3v) is 8.47. The molecule has 0 aromatic rings. The van der Waals surface area contributed by atoms with Crippen LogP contribution in [0.5, 0.6) is 0 Å². The molecule has 4 aliphatic rings. The maximum atomic E-state index is 11.9. The van der Waals surface area contributed by atoms with Gasteiger partial charge in [0.1, 0.15) is 6.10 Å². The quantitative estimate of drug-likeness (QED) is 0.723. The fraction of sp³-hybridized carbons (Fsp3) is 0.947. The van der Waals surface area contributed by atoms with Crippen LogP contribution in [-0.2, 0) is 4.79 Å². The fourth-order valence-electron chi connectivity index (χ4n) is 7.07. The lowest BCUT2D eigenvalue weighted by atomic mass is 9.45. The van der Waals surface area contributed by atoms with Crippen LogP contribution in [0.25, 0.3) is 0 Å². The van der Waals surface area contributed by atoms with Crippen molar-refractivity contribution in [3.63, 3.8) is 0 Å². The lowest BCUT2D eigenvalue weighted by Gasteiger charge is -2.60. The summed E-state index contributed by atoms with van der Waals surface area (Å²) < 4.78 is 0. The van der Waals surface area contributed by atoms with Crippen molar-refractivity contribution in [2.75, 3.05) is 0 Å². The Labute approximate surface area is 133 Å². The second kappa shape index (κ2) is 4.80. The van der Waals surface area contributed by atoms with Gasteiger partial charge in [-0.25, -0.2) is 0 Å². The van der Waals surface area contributed by atoms with Gasteiger partial charge in [-0.3, -0.25) is 4.79 Å². The van der Waals surface area contributed by atoms with Gasteiger partial charge in [-0.15, -0.1) is 0 Å². The second-order valence-corrected chi connectivity index (χ2v) is 9.18. The van der Waals surface area contributed by atoms with Gasteiger partial charge >= 0.3 is 0 Å². The van der Waals surface area contributed by atoms with E-state index in [1.54, 1.807) is 0 Å². The first-order valence-corrected chi connectivity index (χ1v) is 9.25. The van der Waals surface area contributed by atoms with Crippen molar-refractivity contribution in [1.29, 1.82) is 0 Å². The minimum Gasteiger partial charge on any atom is -0.393 e. The van der Waals surface area contributed by atoms with Crippen LogP contribution in [0, 0.1) is 34.5 Å². The van der Waals surface area contributed by atoms with Gasteiger partial charge in [0.05, 0.1) is 6.10 Å². The van der Waals surface area contributed by atoms with Crippen molar-refractivity contribution in [3.05, 3.63) is 0 Å². The number of carbonyl (C=O) groups excluding carboxylic acids is 1. The number of fused-ring (bicyclic) bond motifs is 5. The third-order valence-electron chi connectivity index (χ3n) is 8.47. The van der Waals surface area contributed by atoms with Crippen LogP contribution in [0.15, 0.2) is 0 Å². The van der Waals surface area contributed by atoms with Crippen LogP contribution >= 0.6 is 0 Å².